The highest BCUT2D eigenvalue weighted by Gasteiger charge is 2.19. The molecule has 1 aliphatic heterocycles. The van der Waals surface area contributed by atoms with Crippen molar-refractivity contribution in [3.05, 3.63) is 41.5 Å². The number of rotatable bonds is 4. The van der Waals surface area contributed by atoms with E-state index < -0.39 is 5.97 Å². The second kappa shape index (κ2) is 5.61. The zero-order valence-corrected chi connectivity index (χ0v) is 9.33. The number of aliphatic carboxylic acids is 1. The van der Waals surface area contributed by atoms with E-state index in [0.717, 1.165) is 11.1 Å². The van der Waals surface area contributed by atoms with Gasteiger partial charge in [-0.3, -0.25) is 4.79 Å². The lowest BCUT2D eigenvalue weighted by Gasteiger charge is -2.12. The number of ether oxygens (including phenoxy) is 2. The largest absolute Gasteiger partial charge is 0.481 e. The molecule has 2 rings (SSSR count). The Morgan fingerprint density at radius 3 is 2.76 bits per heavy atom. The van der Waals surface area contributed by atoms with Gasteiger partial charge in [0.15, 0.2) is 6.29 Å². The lowest BCUT2D eigenvalue weighted by Crippen LogP contribution is -2.00. The van der Waals surface area contributed by atoms with E-state index in [-0.39, 0.29) is 12.7 Å². The molecule has 0 aromatic heterocycles. The minimum Gasteiger partial charge on any atom is -0.481 e. The van der Waals surface area contributed by atoms with Gasteiger partial charge in [-0.2, -0.15) is 0 Å². The molecule has 0 saturated carbocycles. The maximum Gasteiger partial charge on any atom is 0.307 e. The first-order valence-electron chi connectivity index (χ1n) is 5.48. The third kappa shape index (κ3) is 3.15. The second-order valence-corrected chi connectivity index (χ2v) is 3.70. The average molecular weight is 234 g/mol. The highest BCUT2D eigenvalue weighted by atomic mass is 16.7. The van der Waals surface area contributed by atoms with Crippen LogP contribution in [0.3, 0.4) is 0 Å². The van der Waals surface area contributed by atoms with Gasteiger partial charge < -0.3 is 14.6 Å². The van der Waals surface area contributed by atoms with Gasteiger partial charge in [-0.1, -0.05) is 36.4 Å². The molecule has 0 bridgehead atoms. The molecule has 1 aromatic rings. The molecule has 1 aromatic carbocycles. The van der Waals surface area contributed by atoms with Crippen molar-refractivity contribution in [1.82, 2.24) is 0 Å². The van der Waals surface area contributed by atoms with Gasteiger partial charge in [-0.25, -0.2) is 0 Å². The average Bonchev–Trinajstić information content (AvgIpc) is 2.82. The van der Waals surface area contributed by atoms with Gasteiger partial charge >= 0.3 is 5.97 Å². The van der Waals surface area contributed by atoms with Gasteiger partial charge in [0.2, 0.25) is 0 Å². The fourth-order valence-electron chi connectivity index (χ4n) is 1.70. The topological polar surface area (TPSA) is 55.8 Å². The van der Waals surface area contributed by atoms with E-state index in [0.29, 0.717) is 13.2 Å². The minimum atomic E-state index is -0.841. The Morgan fingerprint density at radius 1 is 1.35 bits per heavy atom. The summed E-state index contributed by atoms with van der Waals surface area (Å²) in [6.07, 6.45) is 3.09. The Labute approximate surface area is 99.5 Å². The minimum absolute atomic E-state index is 0.0146. The molecule has 0 aliphatic carbocycles. The van der Waals surface area contributed by atoms with Crippen LogP contribution in [0, 0.1) is 0 Å². The van der Waals surface area contributed by atoms with Crippen LogP contribution in [-0.4, -0.2) is 24.3 Å². The molecular weight excluding hydrogens is 220 g/mol. The number of hydrogen-bond acceptors (Lipinski definition) is 3. The lowest BCUT2D eigenvalue weighted by atomic mass is 10.1. The van der Waals surface area contributed by atoms with Crippen molar-refractivity contribution in [3.8, 4) is 0 Å². The summed E-state index contributed by atoms with van der Waals surface area (Å²) in [5, 5.41) is 8.57. The van der Waals surface area contributed by atoms with Gasteiger partial charge in [0.05, 0.1) is 19.6 Å². The summed E-state index contributed by atoms with van der Waals surface area (Å²) in [4.78, 5) is 10.4. The summed E-state index contributed by atoms with van der Waals surface area (Å²) in [6, 6.07) is 7.66. The fourth-order valence-corrected chi connectivity index (χ4v) is 1.70. The summed E-state index contributed by atoms with van der Waals surface area (Å²) >= 11 is 0. The van der Waals surface area contributed by atoms with E-state index in [1.165, 1.54) is 0 Å². The van der Waals surface area contributed by atoms with Crippen LogP contribution in [0.25, 0.3) is 6.08 Å². The van der Waals surface area contributed by atoms with Crippen molar-refractivity contribution in [3.63, 3.8) is 0 Å². The van der Waals surface area contributed by atoms with Gasteiger partial charge in [-0.15, -0.1) is 0 Å². The van der Waals surface area contributed by atoms with Crippen LogP contribution >= 0.6 is 0 Å². The Balaban J connectivity index is 2.15. The first kappa shape index (κ1) is 11.8. The molecule has 90 valence electrons. The van der Waals surface area contributed by atoms with E-state index in [1.54, 1.807) is 12.2 Å². The van der Waals surface area contributed by atoms with Crippen molar-refractivity contribution < 1.29 is 19.4 Å². The fraction of sp³-hybridized carbons (Fsp3) is 0.308. The first-order valence-corrected chi connectivity index (χ1v) is 5.48. The maximum absolute atomic E-state index is 10.4. The van der Waals surface area contributed by atoms with Crippen molar-refractivity contribution in [1.29, 1.82) is 0 Å². The molecule has 4 heteroatoms. The Kier molecular flexibility index (Phi) is 3.90. The smallest absolute Gasteiger partial charge is 0.307 e. The van der Waals surface area contributed by atoms with E-state index >= 15 is 0 Å². The molecule has 4 nitrogen and oxygen atoms in total. The Morgan fingerprint density at radius 2 is 2.06 bits per heavy atom. The molecular formula is C13H14O4. The normalized spacial score (nSPS) is 16.7. The quantitative estimate of drug-likeness (QED) is 0.867. The summed E-state index contributed by atoms with van der Waals surface area (Å²) in [5.74, 6) is -0.841. The van der Waals surface area contributed by atoms with Crippen molar-refractivity contribution >= 4 is 12.0 Å². The van der Waals surface area contributed by atoms with E-state index in [1.807, 2.05) is 24.3 Å². The summed E-state index contributed by atoms with van der Waals surface area (Å²) in [7, 11) is 0. The number of benzene rings is 1. The standard InChI is InChI=1S/C13H14O4/c14-12(15)7-3-5-10-4-1-2-6-11(10)13-16-8-9-17-13/h1-6,13H,7-9H2,(H,14,15). The van der Waals surface area contributed by atoms with E-state index in [2.05, 4.69) is 0 Å². The van der Waals surface area contributed by atoms with Crippen molar-refractivity contribution in [2.45, 2.75) is 12.7 Å². The van der Waals surface area contributed by atoms with Crippen LogP contribution < -0.4 is 0 Å². The molecule has 0 unspecified atom stereocenters. The summed E-state index contributed by atoms with van der Waals surface area (Å²) in [6.45, 7) is 1.19. The van der Waals surface area contributed by atoms with Crippen LogP contribution in [0.5, 0.6) is 0 Å². The molecule has 1 N–H and O–H groups in total. The number of hydrogen-bond donors (Lipinski definition) is 1. The zero-order chi connectivity index (χ0) is 12.1. The van der Waals surface area contributed by atoms with Crippen LogP contribution in [0.2, 0.25) is 0 Å². The van der Waals surface area contributed by atoms with Gasteiger partial charge in [0.25, 0.3) is 0 Å². The Hall–Kier alpha value is -1.65. The van der Waals surface area contributed by atoms with Gasteiger partial charge in [-0.05, 0) is 5.56 Å². The molecule has 0 radical (unpaired) electrons. The lowest BCUT2D eigenvalue weighted by molar-refractivity contribution is -0.135. The molecule has 17 heavy (non-hydrogen) atoms. The molecule has 0 amide bonds. The predicted octanol–water partition coefficient (Wildman–Crippen LogP) is 2.22. The van der Waals surface area contributed by atoms with Crippen LogP contribution in [0.4, 0.5) is 0 Å². The second-order valence-electron chi connectivity index (χ2n) is 3.70. The molecule has 1 saturated heterocycles. The number of carboxylic acids is 1. The van der Waals surface area contributed by atoms with Gasteiger partial charge in [0.1, 0.15) is 0 Å². The zero-order valence-electron chi connectivity index (χ0n) is 9.33. The molecule has 1 fully saturated rings. The predicted molar refractivity (Wildman–Crippen MR) is 62.4 cm³/mol. The highest BCUT2D eigenvalue weighted by Crippen LogP contribution is 2.26. The SMILES string of the molecule is O=C(O)CC=Cc1ccccc1C1OCCO1. The third-order valence-electron chi connectivity index (χ3n) is 2.46. The van der Waals surface area contributed by atoms with Crippen LogP contribution in [0.15, 0.2) is 30.3 Å². The first-order chi connectivity index (χ1) is 8.27. The molecule has 0 atom stereocenters. The summed E-state index contributed by atoms with van der Waals surface area (Å²) in [5.41, 5.74) is 1.87. The number of carboxylic acid groups (broad SMARTS) is 1. The summed E-state index contributed by atoms with van der Waals surface area (Å²) < 4.78 is 10.9. The van der Waals surface area contributed by atoms with E-state index in [4.69, 9.17) is 14.6 Å². The monoisotopic (exact) mass is 234 g/mol. The number of carbonyl (C=O) groups is 1. The third-order valence-corrected chi connectivity index (χ3v) is 2.46. The van der Waals surface area contributed by atoms with E-state index in [9.17, 15) is 4.79 Å². The van der Waals surface area contributed by atoms with Crippen molar-refractivity contribution in [2.24, 2.45) is 0 Å². The van der Waals surface area contributed by atoms with Gasteiger partial charge in [0, 0.05) is 5.56 Å². The van der Waals surface area contributed by atoms with Crippen molar-refractivity contribution in [2.75, 3.05) is 13.2 Å². The molecule has 0 spiro atoms. The van der Waals surface area contributed by atoms with Crippen LogP contribution in [-0.2, 0) is 14.3 Å². The highest BCUT2D eigenvalue weighted by molar-refractivity contribution is 5.70. The molecule has 1 aliphatic rings. The van der Waals surface area contributed by atoms with Crippen LogP contribution in [0.1, 0.15) is 23.8 Å². The Bertz CT molecular complexity index is 419. The maximum atomic E-state index is 10.4. The molecule has 1 heterocycles.